The fraction of sp³-hybridized carbons (Fsp3) is 0. The lowest BCUT2D eigenvalue weighted by Crippen LogP contribution is -2.02. The number of benzene rings is 1. The van der Waals surface area contributed by atoms with Gasteiger partial charge >= 0.3 is 0 Å². The predicted octanol–water partition coefficient (Wildman–Crippen LogP) is 2.57. The van der Waals surface area contributed by atoms with E-state index < -0.39 is 0 Å². The van der Waals surface area contributed by atoms with E-state index in [1.807, 2.05) is 6.07 Å². The Kier molecular flexibility index (Phi) is 2.76. The van der Waals surface area contributed by atoms with Crippen LogP contribution in [0.1, 0.15) is 5.56 Å². The molecule has 1 aromatic heterocycles. The molecule has 0 fully saturated rings. The van der Waals surface area contributed by atoms with Crippen LogP contribution >= 0.6 is 11.6 Å². The first-order chi connectivity index (χ1) is 7.70. The van der Waals surface area contributed by atoms with Gasteiger partial charge in [0.05, 0.1) is 10.6 Å². The molecule has 2 rings (SSSR count). The molecule has 1 aromatic carbocycles. The van der Waals surface area contributed by atoms with Crippen LogP contribution in [0.2, 0.25) is 5.02 Å². The summed E-state index contributed by atoms with van der Waals surface area (Å²) in [7, 11) is 0. The molecule has 0 aliphatic heterocycles. The van der Waals surface area contributed by atoms with Crippen LogP contribution in [0.5, 0.6) is 0 Å². The second-order valence-corrected chi connectivity index (χ2v) is 3.66. The first-order valence-corrected chi connectivity index (χ1v) is 4.97. The van der Waals surface area contributed by atoms with Gasteiger partial charge in [0.2, 0.25) is 5.56 Å². The number of rotatable bonds is 1. The van der Waals surface area contributed by atoms with Crippen LogP contribution in [-0.2, 0) is 0 Å². The van der Waals surface area contributed by atoms with Crippen LogP contribution in [0.25, 0.3) is 11.1 Å². The van der Waals surface area contributed by atoms with Gasteiger partial charge in [-0.15, -0.1) is 0 Å². The number of hydrogen-bond acceptors (Lipinski definition) is 2. The average Bonchev–Trinajstić information content (AvgIpc) is 2.29. The lowest BCUT2D eigenvalue weighted by Gasteiger charge is -2.02. The minimum absolute atomic E-state index is 0.175. The molecule has 0 aliphatic rings. The molecule has 0 aliphatic carbocycles. The molecule has 2 aromatic rings. The van der Waals surface area contributed by atoms with Crippen LogP contribution in [-0.4, -0.2) is 4.98 Å². The van der Waals surface area contributed by atoms with E-state index in [-0.39, 0.29) is 5.56 Å². The Morgan fingerprint density at radius 1 is 1.19 bits per heavy atom. The number of H-pyrrole nitrogens is 1. The van der Waals surface area contributed by atoms with E-state index in [1.54, 1.807) is 30.5 Å². The fourth-order valence-corrected chi connectivity index (χ4v) is 1.57. The summed E-state index contributed by atoms with van der Waals surface area (Å²) in [6.45, 7) is 0. The molecule has 0 saturated carbocycles. The van der Waals surface area contributed by atoms with E-state index in [4.69, 9.17) is 16.9 Å². The van der Waals surface area contributed by atoms with E-state index >= 15 is 0 Å². The van der Waals surface area contributed by atoms with Crippen molar-refractivity contribution < 1.29 is 0 Å². The van der Waals surface area contributed by atoms with Crippen LogP contribution < -0.4 is 5.56 Å². The van der Waals surface area contributed by atoms with Gasteiger partial charge in [-0.1, -0.05) is 17.7 Å². The number of pyridine rings is 1. The Hall–Kier alpha value is -2.05. The normalized spacial score (nSPS) is 9.75. The maximum Gasteiger partial charge on any atom is 0.248 e. The molecule has 4 heteroatoms. The van der Waals surface area contributed by atoms with E-state index in [2.05, 4.69) is 4.98 Å². The summed E-state index contributed by atoms with van der Waals surface area (Å²) in [5.74, 6) is 0. The summed E-state index contributed by atoms with van der Waals surface area (Å²) >= 11 is 5.82. The molecule has 1 heterocycles. The van der Waals surface area contributed by atoms with Crippen molar-refractivity contribution in [1.29, 1.82) is 5.26 Å². The maximum atomic E-state index is 11.1. The van der Waals surface area contributed by atoms with Gasteiger partial charge in [0.25, 0.3) is 0 Å². The largest absolute Gasteiger partial charge is 0.329 e. The highest BCUT2D eigenvalue weighted by atomic mass is 35.5. The van der Waals surface area contributed by atoms with Gasteiger partial charge in [0, 0.05) is 12.3 Å². The van der Waals surface area contributed by atoms with Crippen LogP contribution in [0.4, 0.5) is 0 Å². The lowest BCUT2D eigenvalue weighted by atomic mass is 10.0. The average molecular weight is 231 g/mol. The molecule has 3 nitrogen and oxygen atoms in total. The van der Waals surface area contributed by atoms with Crippen molar-refractivity contribution in [3.63, 3.8) is 0 Å². The molecule has 0 unspecified atom stereocenters. The van der Waals surface area contributed by atoms with Crippen molar-refractivity contribution in [1.82, 2.24) is 4.98 Å². The number of halogens is 1. The molecule has 0 spiro atoms. The van der Waals surface area contributed by atoms with Gasteiger partial charge in [-0.05, 0) is 29.3 Å². The standard InChI is InChI=1S/C12H7ClN2O/c13-11-2-1-8(5-10(11)7-14)9-3-4-15-12(16)6-9/h1-6H,(H,15,16). The van der Waals surface area contributed by atoms with Crippen molar-refractivity contribution in [2.75, 3.05) is 0 Å². The van der Waals surface area contributed by atoms with E-state index in [9.17, 15) is 4.79 Å². The molecule has 0 radical (unpaired) electrons. The third-order valence-corrected chi connectivity index (χ3v) is 2.52. The van der Waals surface area contributed by atoms with Crippen molar-refractivity contribution in [2.24, 2.45) is 0 Å². The third-order valence-electron chi connectivity index (χ3n) is 2.20. The molecule has 16 heavy (non-hydrogen) atoms. The summed E-state index contributed by atoms with van der Waals surface area (Å²) in [4.78, 5) is 13.7. The van der Waals surface area contributed by atoms with Gasteiger partial charge in [0.15, 0.2) is 0 Å². The van der Waals surface area contributed by atoms with Crippen molar-refractivity contribution in [2.45, 2.75) is 0 Å². The number of aromatic nitrogens is 1. The highest BCUT2D eigenvalue weighted by molar-refractivity contribution is 6.31. The zero-order chi connectivity index (χ0) is 11.5. The molecule has 0 atom stereocenters. The minimum atomic E-state index is -0.175. The molecular formula is C12H7ClN2O. The third kappa shape index (κ3) is 1.97. The lowest BCUT2D eigenvalue weighted by molar-refractivity contribution is 1.24. The Labute approximate surface area is 96.9 Å². The van der Waals surface area contributed by atoms with Gasteiger partial charge in [-0.25, -0.2) is 0 Å². The summed E-state index contributed by atoms with van der Waals surface area (Å²) in [6, 6.07) is 10.3. The van der Waals surface area contributed by atoms with Crippen LogP contribution in [0, 0.1) is 11.3 Å². The maximum absolute atomic E-state index is 11.1. The number of nitriles is 1. The topological polar surface area (TPSA) is 56.6 Å². The van der Waals surface area contributed by atoms with Gasteiger partial charge < -0.3 is 4.98 Å². The molecule has 1 N–H and O–H groups in total. The molecule has 0 bridgehead atoms. The minimum Gasteiger partial charge on any atom is -0.329 e. The Balaban J connectivity index is 2.58. The van der Waals surface area contributed by atoms with Crippen molar-refractivity contribution in [3.8, 4) is 17.2 Å². The second kappa shape index (κ2) is 4.21. The predicted molar refractivity (Wildman–Crippen MR) is 62.2 cm³/mol. The van der Waals surface area contributed by atoms with E-state index in [1.165, 1.54) is 6.07 Å². The molecule has 0 amide bonds. The van der Waals surface area contributed by atoms with Gasteiger partial charge in [-0.3, -0.25) is 4.79 Å². The first kappa shape index (κ1) is 10.5. The van der Waals surface area contributed by atoms with Gasteiger partial charge in [0.1, 0.15) is 6.07 Å². The smallest absolute Gasteiger partial charge is 0.248 e. The van der Waals surface area contributed by atoms with Crippen molar-refractivity contribution in [3.05, 3.63) is 57.5 Å². The summed E-state index contributed by atoms with van der Waals surface area (Å²) in [5.41, 5.74) is 1.79. The summed E-state index contributed by atoms with van der Waals surface area (Å²) in [6.07, 6.45) is 1.57. The quantitative estimate of drug-likeness (QED) is 0.819. The monoisotopic (exact) mass is 230 g/mol. The van der Waals surface area contributed by atoms with Crippen LogP contribution in [0.3, 0.4) is 0 Å². The zero-order valence-corrected chi connectivity index (χ0v) is 8.95. The van der Waals surface area contributed by atoms with E-state index in [0.717, 1.165) is 11.1 Å². The fourth-order valence-electron chi connectivity index (χ4n) is 1.41. The van der Waals surface area contributed by atoms with Crippen LogP contribution in [0.15, 0.2) is 41.3 Å². The molecule has 78 valence electrons. The number of aromatic amines is 1. The number of nitrogens with one attached hydrogen (secondary N) is 1. The SMILES string of the molecule is N#Cc1cc(-c2cc[nH]c(=O)c2)ccc1Cl. The molecular weight excluding hydrogens is 224 g/mol. The summed E-state index contributed by atoms with van der Waals surface area (Å²) < 4.78 is 0. The van der Waals surface area contributed by atoms with Gasteiger partial charge in [-0.2, -0.15) is 5.26 Å². The summed E-state index contributed by atoms with van der Waals surface area (Å²) in [5, 5.41) is 9.26. The Bertz CT molecular complexity index is 625. The van der Waals surface area contributed by atoms with E-state index in [0.29, 0.717) is 10.6 Å². The first-order valence-electron chi connectivity index (χ1n) is 4.59. The number of nitrogens with zero attached hydrogens (tertiary/aromatic N) is 1. The Morgan fingerprint density at radius 2 is 1.94 bits per heavy atom. The number of hydrogen-bond donors (Lipinski definition) is 1. The highest BCUT2D eigenvalue weighted by Crippen LogP contribution is 2.23. The van der Waals surface area contributed by atoms with Crippen molar-refractivity contribution >= 4 is 11.6 Å². The second-order valence-electron chi connectivity index (χ2n) is 3.25. The Morgan fingerprint density at radius 3 is 2.62 bits per heavy atom. The molecule has 0 saturated heterocycles. The highest BCUT2D eigenvalue weighted by Gasteiger charge is 2.03. The zero-order valence-electron chi connectivity index (χ0n) is 8.20.